The summed E-state index contributed by atoms with van der Waals surface area (Å²) in [5.41, 5.74) is 9.54. The van der Waals surface area contributed by atoms with Gasteiger partial charge in [0.15, 0.2) is 0 Å². The largest absolute Gasteiger partial charge is 0.378 e. The van der Waals surface area contributed by atoms with Crippen LogP contribution in [0.15, 0.2) is 40.2 Å². The van der Waals surface area contributed by atoms with Crippen LogP contribution in [0.2, 0.25) is 0 Å². The molecule has 0 bridgehead atoms. The highest BCUT2D eigenvalue weighted by atomic mass is 16.6. The van der Waals surface area contributed by atoms with Gasteiger partial charge in [0.25, 0.3) is 0 Å². The number of aromatic amines is 1. The number of rotatable bonds is 3. The van der Waals surface area contributed by atoms with Gasteiger partial charge in [-0.05, 0) is 16.4 Å². The number of fused-ring (bicyclic) bond motifs is 1. The summed E-state index contributed by atoms with van der Waals surface area (Å²) < 4.78 is 4.35. The summed E-state index contributed by atoms with van der Waals surface area (Å²) in [7, 11) is 0. The molecule has 9 nitrogen and oxygen atoms in total. The van der Waals surface area contributed by atoms with Gasteiger partial charge in [-0.3, -0.25) is 5.32 Å². The number of hydrazone groups is 1. The number of nitrogens with two attached hydrogens (primary N) is 1. The van der Waals surface area contributed by atoms with E-state index in [0.717, 1.165) is 16.5 Å². The third-order valence-electron chi connectivity index (χ3n) is 2.74. The van der Waals surface area contributed by atoms with Gasteiger partial charge < -0.3 is 10.7 Å². The molecular formula is C12H11N7O2. The molecule has 2 amide bonds. The fraction of sp³-hybridized carbons (Fsp3) is 0. The Kier molecular flexibility index (Phi) is 3.21. The third kappa shape index (κ3) is 2.66. The molecule has 0 saturated heterocycles. The zero-order valence-corrected chi connectivity index (χ0v) is 10.7. The molecule has 3 aromatic rings. The van der Waals surface area contributed by atoms with Gasteiger partial charge in [-0.1, -0.05) is 18.2 Å². The van der Waals surface area contributed by atoms with Crippen LogP contribution >= 0.6 is 0 Å². The van der Waals surface area contributed by atoms with Crippen molar-refractivity contribution in [3.63, 3.8) is 0 Å². The normalized spacial score (nSPS) is 11.0. The Morgan fingerprint density at radius 1 is 1.38 bits per heavy atom. The van der Waals surface area contributed by atoms with Crippen molar-refractivity contribution in [1.29, 1.82) is 0 Å². The molecule has 21 heavy (non-hydrogen) atoms. The van der Waals surface area contributed by atoms with Crippen LogP contribution < -0.4 is 16.5 Å². The van der Waals surface area contributed by atoms with Crippen molar-refractivity contribution in [2.45, 2.75) is 0 Å². The maximum absolute atomic E-state index is 11.5. The molecule has 0 radical (unpaired) electrons. The molecule has 2 aromatic heterocycles. The van der Waals surface area contributed by atoms with Crippen molar-refractivity contribution in [2.75, 3.05) is 11.1 Å². The van der Waals surface area contributed by atoms with Crippen LogP contribution in [0.1, 0.15) is 5.56 Å². The number of benzene rings is 1. The maximum Gasteiger partial charge on any atom is 0.340 e. The van der Waals surface area contributed by atoms with E-state index >= 15 is 0 Å². The summed E-state index contributed by atoms with van der Waals surface area (Å²) in [6, 6.07) is 7.16. The minimum Gasteiger partial charge on any atom is -0.378 e. The number of anilines is 2. The molecule has 2 heterocycles. The van der Waals surface area contributed by atoms with E-state index in [4.69, 9.17) is 5.73 Å². The summed E-state index contributed by atoms with van der Waals surface area (Å²) in [4.78, 5) is 14.6. The molecule has 3 rings (SSSR count). The number of carbonyl (C=O) groups excluding carboxylic acids is 1. The average molecular weight is 285 g/mol. The second-order valence-corrected chi connectivity index (χ2v) is 4.11. The molecule has 9 heteroatoms. The number of carbonyl (C=O) groups is 1. The first-order valence-electron chi connectivity index (χ1n) is 5.98. The van der Waals surface area contributed by atoms with Crippen LogP contribution in [0.3, 0.4) is 0 Å². The number of hydrogen-bond donors (Lipinski definition) is 4. The van der Waals surface area contributed by atoms with Crippen LogP contribution in [0.5, 0.6) is 0 Å². The lowest BCUT2D eigenvalue weighted by Gasteiger charge is -1.99. The zero-order valence-electron chi connectivity index (χ0n) is 10.7. The van der Waals surface area contributed by atoms with Gasteiger partial charge in [0.1, 0.15) is 0 Å². The Morgan fingerprint density at radius 3 is 3.05 bits per heavy atom. The molecule has 106 valence electrons. The molecule has 0 saturated carbocycles. The third-order valence-corrected chi connectivity index (χ3v) is 2.74. The number of nitrogen functional groups attached to an aromatic ring is 1. The first-order valence-corrected chi connectivity index (χ1v) is 5.98. The average Bonchev–Trinajstić information content (AvgIpc) is 3.07. The molecule has 1 aromatic carbocycles. The Balaban J connectivity index is 1.64. The predicted molar refractivity (Wildman–Crippen MR) is 76.8 cm³/mol. The van der Waals surface area contributed by atoms with Gasteiger partial charge in [0.05, 0.1) is 6.21 Å². The standard InChI is InChI=1S/C12H11N7O2/c13-10-11(19-21-18-10)16-12(20)17-15-6-7-5-14-9-4-2-1-3-8(7)9/h1-6,14H,(H2,13,18)(H2,16,17,19,20). The SMILES string of the molecule is Nc1nonc1NC(=O)NN=Cc1c[nH]c2ccccc12. The minimum absolute atomic E-state index is 0.00856. The number of nitrogens with one attached hydrogen (secondary N) is 3. The number of aromatic nitrogens is 3. The van der Waals surface area contributed by atoms with E-state index in [9.17, 15) is 4.79 Å². The molecule has 0 atom stereocenters. The highest BCUT2D eigenvalue weighted by Gasteiger charge is 2.09. The topological polar surface area (TPSA) is 134 Å². The van der Waals surface area contributed by atoms with E-state index in [2.05, 4.69) is 35.8 Å². The highest BCUT2D eigenvalue weighted by molar-refractivity contribution is 5.99. The number of para-hydroxylation sites is 1. The summed E-state index contributed by atoms with van der Waals surface area (Å²) in [6.07, 6.45) is 3.33. The lowest BCUT2D eigenvalue weighted by molar-refractivity contribution is 0.252. The molecule has 0 aliphatic rings. The van der Waals surface area contributed by atoms with E-state index in [-0.39, 0.29) is 11.6 Å². The number of hydrogen-bond acceptors (Lipinski definition) is 6. The summed E-state index contributed by atoms with van der Waals surface area (Å²) in [6.45, 7) is 0. The molecular weight excluding hydrogens is 274 g/mol. The fourth-order valence-electron chi connectivity index (χ4n) is 1.78. The van der Waals surface area contributed by atoms with Crippen LogP contribution in [0, 0.1) is 0 Å². The van der Waals surface area contributed by atoms with E-state index in [1.165, 1.54) is 6.21 Å². The summed E-state index contributed by atoms with van der Waals surface area (Å²) >= 11 is 0. The number of amides is 2. The van der Waals surface area contributed by atoms with Crippen molar-refractivity contribution in [3.05, 3.63) is 36.0 Å². The van der Waals surface area contributed by atoms with E-state index in [1.807, 2.05) is 24.3 Å². The smallest absolute Gasteiger partial charge is 0.340 e. The van der Waals surface area contributed by atoms with Crippen molar-refractivity contribution in [2.24, 2.45) is 5.10 Å². The van der Waals surface area contributed by atoms with Crippen molar-refractivity contribution < 1.29 is 9.42 Å². The molecule has 0 aliphatic carbocycles. The minimum atomic E-state index is -0.603. The summed E-state index contributed by atoms with van der Waals surface area (Å²) in [5, 5.41) is 13.9. The van der Waals surface area contributed by atoms with Gasteiger partial charge in [-0.2, -0.15) is 5.10 Å². The zero-order chi connectivity index (χ0) is 14.7. The Bertz CT molecular complexity index is 805. The van der Waals surface area contributed by atoms with E-state index in [0.29, 0.717) is 0 Å². The van der Waals surface area contributed by atoms with Crippen LogP contribution in [-0.2, 0) is 0 Å². The molecule has 0 unspecified atom stereocenters. The van der Waals surface area contributed by atoms with Crippen molar-refractivity contribution >= 4 is 34.8 Å². The van der Waals surface area contributed by atoms with Gasteiger partial charge in [0, 0.05) is 22.7 Å². The van der Waals surface area contributed by atoms with Gasteiger partial charge in [-0.15, -0.1) is 0 Å². The van der Waals surface area contributed by atoms with E-state index < -0.39 is 6.03 Å². The lowest BCUT2D eigenvalue weighted by Crippen LogP contribution is -2.24. The Hall–Kier alpha value is -3.36. The quantitative estimate of drug-likeness (QED) is 0.425. The number of urea groups is 1. The first kappa shape index (κ1) is 12.7. The number of H-pyrrole nitrogens is 1. The second kappa shape index (κ2) is 5.33. The van der Waals surface area contributed by atoms with Crippen LogP contribution in [0.25, 0.3) is 10.9 Å². The highest BCUT2D eigenvalue weighted by Crippen LogP contribution is 2.15. The van der Waals surface area contributed by atoms with Gasteiger partial charge in [-0.25, -0.2) is 14.8 Å². The Labute approximate surface area is 118 Å². The lowest BCUT2D eigenvalue weighted by atomic mass is 10.2. The monoisotopic (exact) mass is 285 g/mol. The molecule has 0 spiro atoms. The first-order chi connectivity index (χ1) is 10.2. The van der Waals surface area contributed by atoms with Crippen LogP contribution in [-0.4, -0.2) is 27.5 Å². The maximum atomic E-state index is 11.5. The predicted octanol–water partition coefficient (Wildman–Crippen LogP) is 1.29. The van der Waals surface area contributed by atoms with Crippen molar-refractivity contribution in [3.8, 4) is 0 Å². The van der Waals surface area contributed by atoms with Gasteiger partial charge in [0.2, 0.25) is 11.6 Å². The number of nitrogens with zero attached hydrogens (tertiary/aromatic N) is 3. The molecule has 0 fully saturated rings. The van der Waals surface area contributed by atoms with Crippen LogP contribution in [0.4, 0.5) is 16.4 Å². The van der Waals surface area contributed by atoms with Crippen molar-refractivity contribution in [1.82, 2.24) is 20.7 Å². The second-order valence-electron chi connectivity index (χ2n) is 4.11. The molecule has 5 N–H and O–H groups in total. The summed E-state index contributed by atoms with van der Waals surface area (Å²) in [5.74, 6) is 0.0283. The van der Waals surface area contributed by atoms with Gasteiger partial charge >= 0.3 is 6.03 Å². The molecule has 0 aliphatic heterocycles. The fourth-order valence-corrected chi connectivity index (χ4v) is 1.78. The Morgan fingerprint density at radius 2 is 2.24 bits per heavy atom. The van der Waals surface area contributed by atoms with E-state index in [1.54, 1.807) is 6.20 Å².